The number of hydrogen-bond acceptors (Lipinski definition) is 2. The van der Waals surface area contributed by atoms with Gasteiger partial charge in [-0.2, -0.15) is 0 Å². The fourth-order valence-corrected chi connectivity index (χ4v) is 2.25. The molecule has 0 radical (unpaired) electrons. The van der Waals surface area contributed by atoms with Crippen LogP contribution in [0.2, 0.25) is 0 Å². The van der Waals surface area contributed by atoms with E-state index < -0.39 is 0 Å². The van der Waals surface area contributed by atoms with Crippen LogP contribution in [0.3, 0.4) is 0 Å². The van der Waals surface area contributed by atoms with E-state index in [0.717, 1.165) is 29.7 Å². The zero-order chi connectivity index (χ0) is 12.7. The number of benzene rings is 1. The number of hydrogen-bond donors (Lipinski definition) is 1. The van der Waals surface area contributed by atoms with Gasteiger partial charge in [-0.05, 0) is 55.6 Å². The third-order valence-electron chi connectivity index (χ3n) is 2.89. The van der Waals surface area contributed by atoms with Crippen molar-refractivity contribution in [2.24, 2.45) is 5.92 Å². The molecule has 0 aliphatic heterocycles. The minimum absolute atomic E-state index is 0.693. The molecule has 1 unspecified atom stereocenters. The van der Waals surface area contributed by atoms with Gasteiger partial charge in [-0.3, -0.25) is 0 Å². The van der Waals surface area contributed by atoms with Crippen LogP contribution in [0.5, 0.6) is 5.75 Å². The second-order valence-electron chi connectivity index (χ2n) is 4.41. The van der Waals surface area contributed by atoms with Crippen LogP contribution in [-0.4, -0.2) is 20.2 Å². The van der Waals surface area contributed by atoms with Gasteiger partial charge in [0.05, 0.1) is 7.11 Å². The van der Waals surface area contributed by atoms with Crippen molar-refractivity contribution in [3.05, 3.63) is 28.2 Å². The largest absolute Gasteiger partial charge is 0.496 e. The third-order valence-corrected chi connectivity index (χ3v) is 3.38. The number of rotatable bonds is 7. The SMILES string of the molecule is CCNCC(C)CCc1cc(Br)ccc1OC. The van der Waals surface area contributed by atoms with Crippen molar-refractivity contribution in [2.75, 3.05) is 20.2 Å². The summed E-state index contributed by atoms with van der Waals surface area (Å²) in [6, 6.07) is 6.19. The molecular formula is C14H22BrNO. The molecule has 0 saturated heterocycles. The number of ether oxygens (including phenoxy) is 1. The molecule has 0 fully saturated rings. The maximum Gasteiger partial charge on any atom is 0.122 e. The van der Waals surface area contributed by atoms with Crippen molar-refractivity contribution in [1.82, 2.24) is 5.32 Å². The van der Waals surface area contributed by atoms with Gasteiger partial charge in [-0.25, -0.2) is 0 Å². The molecule has 0 bridgehead atoms. The molecule has 1 atom stereocenters. The van der Waals surface area contributed by atoms with Gasteiger partial charge in [0.25, 0.3) is 0 Å². The first-order chi connectivity index (χ1) is 8.17. The summed E-state index contributed by atoms with van der Waals surface area (Å²) in [6.07, 6.45) is 2.25. The second-order valence-corrected chi connectivity index (χ2v) is 5.32. The van der Waals surface area contributed by atoms with Gasteiger partial charge >= 0.3 is 0 Å². The van der Waals surface area contributed by atoms with E-state index in [1.807, 2.05) is 12.1 Å². The predicted molar refractivity (Wildman–Crippen MR) is 76.7 cm³/mol. The van der Waals surface area contributed by atoms with Crippen molar-refractivity contribution < 1.29 is 4.74 Å². The molecule has 0 amide bonds. The summed E-state index contributed by atoms with van der Waals surface area (Å²) in [6.45, 7) is 6.56. The van der Waals surface area contributed by atoms with Crippen molar-refractivity contribution in [3.8, 4) is 5.75 Å². The summed E-state index contributed by atoms with van der Waals surface area (Å²) in [5.74, 6) is 1.68. The molecule has 96 valence electrons. The van der Waals surface area contributed by atoms with E-state index in [0.29, 0.717) is 5.92 Å². The number of halogens is 1. The number of methoxy groups -OCH3 is 1. The Kier molecular flexibility index (Phi) is 6.60. The van der Waals surface area contributed by atoms with Crippen LogP contribution >= 0.6 is 15.9 Å². The summed E-state index contributed by atoms with van der Waals surface area (Å²) >= 11 is 3.51. The Hall–Kier alpha value is -0.540. The van der Waals surface area contributed by atoms with E-state index in [9.17, 15) is 0 Å². The van der Waals surface area contributed by atoms with Crippen LogP contribution in [-0.2, 0) is 6.42 Å². The molecule has 1 rings (SSSR count). The normalized spacial score (nSPS) is 12.5. The Bertz CT molecular complexity index is 341. The molecular weight excluding hydrogens is 278 g/mol. The lowest BCUT2D eigenvalue weighted by atomic mass is 10.0. The lowest BCUT2D eigenvalue weighted by Crippen LogP contribution is -2.20. The maximum absolute atomic E-state index is 5.38. The quantitative estimate of drug-likeness (QED) is 0.830. The van der Waals surface area contributed by atoms with Crippen LogP contribution < -0.4 is 10.1 Å². The highest BCUT2D eigenvalue weighted by atomic mass is 79.9. The molecule has 0 aliphatic carbocycles. The molecule has 2 nitrogen and oxygen atoms in total. The topological polar surface area (TPSA) is 21.3 Å². The van der Waals surface area contributed by atoms with Gasteiger partial charge in [0.15, 0.2) is 0 Å². The van der Waals surface area contributed by atoms with Crippen molar-refractivity contribution in [1.29, 1.82) is 0 Å². The van der Waals surface area contributed by atoms with E-state index in [4.69, 9.17) is 4.74 Å². The zero-order valence-corrected chi connectivity index (χ0v) is 12.5. The highest BCUT2D eigenvalue weighted by Gasteiger charge is 2.07. The Morgan fingerprint density at radius 2 is 2.18 bits per heavy atom. The van der Waals surface area contributed by atoms with Gasteiger partial charge in [0, 0.05) is 4.47 Å². The summed E-state index contributed by atoms with van der Waals surface area (Å²) in [5, 5.41) is 3.38. The molecule has 0 aliphatic rings. The predicted octanol–water partition coefficient (Wildman–Crippen LogP) is 3.64. The molecule has 0 saturated carbocycles. The highest BCUT2D eigenvalue weighted by Crippen LogP contribution is 2.25. The minimum atomic E-state index is 0.693. The Morgan fingerprint density at radius 1 is 1.41 bits per heavy atom. The number of nitrogens with one attached hydrogen (secondary N) is 1. The molecule has 1 aromatic carbocycles. The Morgan fingerprint density at radius 3 is 2.82 bits per heavy atom. The van der Waals surface area contributed by atoms with Crippen LogP contribution in [0.1, 0.15) is 25.8 Å². The average Bonchev–Trinajstić information content (AvgIpc) is 2.34. The first-order valence-corrected chi connectivity index (χ1v) is 6.99. The fourth-order valence-electron chi connectivity index (χ4n) is 1.84. The van der Waals surface area contributed by atoms with Crippen LogP contribution in [0.4, 0.5) is 0 Å². The number of aryl methyl sites for hydroxylation is 1. The lowest BCUT2D eigenvalue weighted by molar-refractivity contribution is 0.405. The molecule has 0 heterocycles. The second kappa shape index (κ2) is 7.72. The van der Waals surface area contributed by atoms with Gasteiger partial charge in [-0.15, -0.1) is 0 Å². The average molecular weight is 300 g/mol. The molecule has 3 heteroatoms. The Balaban J connectivity index is 2.52. The zero-order valence-electron chi connectivity index (χ0n) is 10.9. The van der Waals surface area contributed by atoms with Crippen LogP contribution in [0.25, 0.3) is 0 Å². The van der Waals surface area contributed by atoms with Gasteiger partial charge in [-0.1, -0.05) is 29.8 Å². The lowest BCUT2D eigenvalue weighted by Gasteiger charge is -2.13. The standard InChI is InChI=1S/C14H22BrNO/c1-4-16-10-11(2)5-6-12-9-13(15)7-8-14(12)17-3/h7-9,11,16H,4-6,10H2,1-3H3. The summed E-state index contributed by atoms with van der Waals surface area (Å²) in [5.41, 5.74) is 1.28. The minimum Gasteiger partial charge on any atom is -0.496 e. The molecule has 17 heavy (non-hydrogen) atoms. The fraction of sp³-hybridized carbons (Fsp3) is 0.571. The molecule has 1 aromatic rings. The molecule has 0 aromatic heterocycles. The smallest absolute Gasteiger partial charge is 0.122 e. The highest BCUT2D eigenvalue weighted by molar-refractivity contribution is 9.10. The monoisotopic (exact) mass is 299 g/mol. The molecule has 0 spiro atoms. The Labute approximate surface area is 113 Å². The summed E-state index contributed by atoms with van der Waals surface area (Å²) < 4.78 is 6.50. The maximum atomic E-state index is 5.38. The van der Waals surface area contributed by atoms with E-state index in [2.05, 4.69) is 41.2 Å². The summed E-state index contributed by atoms with van der Waals surface area (Å²) in [7, 11) is 1.73. The van der Waals surface area contributed by atoms with Crippen LogP contribution in [0, 0.1) is 5.92 Å². The van der Waals surface area contributed by atoms with E-state index >= 15 is 0 Å². The van der Waals surface area contributed by atoms with Crippen molar-refractivity contribution >= 4 is 15.9 Å². The van der Waals surface area contributed by atoms with Gasteiger partial charge in [0.1, 0.15) is 5.75 Å². The first kappa shape index (κ1) is 14.5. The van der Waals surface area contributed by atoms with Crippen molar-refractivity contribution in [2.45, 2.75) is 26.7 Å². The van der Waals surface area contributed by atoms with Gasteiger partial charge in [0.2, 0.25) is 0 Å². The summed E-state index contributed by atoms with van der Waals surface area (Å²) in [4.78, 5) is 0. The van der Waals surface area contributed by atoms with Crippen LogP contribution in [0.15, 0.2) is 22.7 Å². The van der Waals surface area contributed by atoms with Gasteiger partial charge < -0.3 is 10.1 Å². The van der Waals surface area contributed by atoms with E-state index in [1.54, 1.807) is 7.11 Å². The third kappa shape index (κ3) is 5.09. The van der Waals surface area contributed by atoms with Crippen molar-refractivity contribution in [3.63, 3.8) is 0 Å². The first-order valence-electron chi connectivity index (χ1n) is 6.20. The van der Waals surface area contributed by atoms with E-state index in [-0.39, 0.29) is 0 Å². The van der Waals surface area contributed by atoms with E-state index in [1.165, 1.54) is 12.0 Å². The molecule has 1 N–H and O–H groups in total.